The fraction of sp³-hybridized carbons (Fsp3) is 0.444. The van der Waals surface area contributed by atoms with Crippen molar-refractivity contribution < 1.29 is 0 Å². The highest BCUT2D eigenvalue weighted by molar-refractivity contribution is 7.28. The lowest BCUT2D eigenvalue weighted by molar-refractivity contribution is 0.443. The molecule has 324 valence electrons. The molecule has 0 spiro atoms. The molecular weight excluding hydrogens is 901 g/mol. The molecule has 9 heteroatoms. The molecule has 0 radical (unpaired) electrons. The topological polar surface area (TPSA) is 25.8 Å². The van der Waals surface area contributed by atoms with E-state index in [-0.39, 0.29) is 0 Å². The molecule has 0 saturated heterocycles. The summed E-state index contributed by atoms with van der Waals surface area (Å²) in [4.78, 5) is 14.5. The molecule has 4 fully saturated rings. The first-order valence-corrected chi connectivity index (χ1v) is 29.9. The molecule has 2 nitrogen and oxygen atoms in total. The summed E-state index contributed by atoms with van der Waals surface area (Å²) >= 11 is 13.4. The molecule has 0 atom stereocenters. The molecule has 1 aromatic carbocycles. The van der Waals surface area contributed by atoms with Crippen molar-refractivity contribution in [2.45, 2.75) is 152 Å². The molecule has 4 aliphatic rings. The lowest BCUT2D eigenvalue weighted by Gasteiger charge is -2.24. The van der Waals surface area contributed by atoms with Gasteiger partial charge in [-0.3, -0.25) is 0 Å². The van der Waals surface area contributed by atoms with E-state index in [1.807, 2.05) is 45.3 Å². The van der Waals surface area contributed by atoms with Gasteiger partial charge in [0.05, 0.1) is 11.7 Å². The SMILES string of the molecule is c1cc(C2CCCCC2)c(-c2sc(-c3ccc(-c4ccc(-c5ccc(-c6cc(C7CCCCC7)c(-c7sccc7C7CCCCC7)s6)s5)c5nsnc45)s3)cc2C2CCCCC2)s1. The van der Waals surface area contributed by atoms with Gasteiger partial charge in [-0.2, -0.15) is 8.75 Å². The van der Waals surface area contributed by atoms with Crippen molar-refractivity contribution in [1.29, 1.82) is 0 Å². The standard InChI is InChI=1S/C54H56N2S7/c1-5-13-33(14-6-1)37-27-29-57-51(37)53-41(35-17-9-3-10-18-35)31-47(61-53)45-25-23-43(59-45)39-21-22-40(50-49(39)55-63-56-50)44-24-26-46(60-44)48-32-42(36-19-11-4-12-20-36)54(62-48)52-38(28-30-58-52)34-15-7-2-8-16-34/h21-36H,1-20H2. The number of aromatic nitrogens is 2. The number of hydrogen-bond donors (Lipinski definition) is 0. The Morgan fingerprint density at radius 3 is 1.10 bits per heavy atom. The molecule has 0 N–H and O–H groups in total. The molecule has 0 bridgehead atoms. The Morgan fingerprint density at radius 1 is 0.333 bits per heavy atom. The minimum atomic E-state index is 0.686. The first-order chi connectivity index (χ1) is 31.2. The van der Waals surface area contributed by atoms with Crippen LogP contribution in [0.3, 0.4) is 0 Å². The minimum Gasteiger partial charge on any atom is -0.172 e. The number of nitrogens with zero attached hydrogens (tertiary/aromatic N) is 2. The minimum absolute atomic E-state index is 0.686. The van der Waals surface area contributed by atoms with E-state index >= 15 is 0 Å². The number of hydrogen-bond acceptors (Lipinski definition) is 9. The lowest BCUT2D eigenvalue weighted by Crippen LogP contribution is -2.06. The first kappa shape index (κ1) is 41.7. The largest absolute Gasteiger partial charge is 0.172 e. The smallest absolute Gasteiger partial charge is 0.114 e. The van der Waals surface area contributed by atoms with Crippen molar-refractivity contribution in [2.75, 3.05) is 0 Å². The van der Waals surface area contributed by atoms with Crippen LogP contribution in [-0.4, -0.2) is 8.75 Å². The van der Waals surface area contributed by atoms with Crippen molar-refractivity contribution in [1.82, 2.24) is 8.75 Å². The molecule has 0 aliphatic heterocycles. The van der Waals surface area contributed by atoms with Gasteiger partial charge in [0.2, 0.25) is 0 Å². The summed E-state index contributed by atoms with van der Waals surface area (Å²) in [7, 11) is 0. The highest BCUT2D eigenvalue weighted by Crippen LogP contribution is 2.54. The maximum Gasteiger partial charge on any atom is 0.114 e. The summed E-state index contributed by atoms with van der Waals surface area (Å²) in [5.74, 6) is 2.83. The third kappa shape index (κ3) is 8.16. The van der Waals surface area contributed by atoms with E-state index in [9.17, 15) is 0 Å². The predicted molar refractivity (Wildman–Crippen MR) is 281 cm³/mol. The number of benzene rings is 1. The fourth-order valence-electron chi connectivity index (χ4n) is 11.8. The highest BCUT2D eigenvalue weighted by atomic mass is 32.1. The van der Waals surface area contributed by atoms with Crippen LogP contribution < -0.4 is 0 Å². The van der Waals surface area contributed by atoms with Gasteiger partial charge in [-0.1, -0.05) is 89.2 Å². The molecule has 63 heavy (non-hydrogen) atoms. The van der Waals surface area contributed by atoms with Gasteiger partial charge in [-0.05, 0) is 157 Å². The van der Waals surface area contributed by atoms with Gasteiger partial charge in [0.1, 0.15) is 11.0 Å². The van der Waals surface area contributed by atoms with Crippen LogP contribution in [0.25, 0.3) is 70.9 Å². The van der Waals surface area contributed by atoms with E-state index in [1.54, 1.807) is 41.8 Å². The number of thiophene rings is 6. The maximum absolute atomic E-state index is 4.99. The summed E-state index contributed by atoms with van der Waals surface area (Å²) in [6.45, 7) is 0. The zero-order chi connectivity index (χ0) is 41.7. The molecular formula is C54H56N2S7. The van der Waals surface area contributed by atoms with E-state index in [4.69, 9.17) is 8.75 Å². The van der Waals surface area contributed by atoms with Crippen LogP contribution in [0, 0.1) is 0 Å². The van der Waals surface area contributed by atoms with Crippen LogP contribution in [0.15, 0.2) is 71.4 Å². The van der Waals surface area contributed by atoms with Crippen molar-refractivity contribution in [3.05, 3.63) is 93.7 Å². The average Bonchev–Trinajstić information content (AvgIpc) is 4.20. The normalized spacial score (nSPS) is 18.9. The Hall–Kier alpha value is -2.76. The highest BCUT2D eigenvalue weighted by Gasteiger charge is 2.30. The summed E-state index contributed by atoms with van der Waals surface area (Å²) < 4.78 is 9.97. The third-order valence-corrected chi connectivity index (χ3v) is 22.8. The van der Waals surface area contributed by atoms with Crippen molar-refractivity contribution >= 4 is 90.8 Å². The molecule has 0 amide bonds. The van der Waals surface area contributed by atoms with Crippen LogP contribution in [-0.2, 0) is 0 Å². The van der Waals surface area contributed by atoms with Crippen LogP contribution in [0.2, 0.25) is 0 Å². The number of fused-ring (bicyclic) bond motifs is 1. The molecule has 4 saturated carbocycles. The van der Waals surface area contributed by atoms with Crippen molar-refractivity contribution in [3.63, 3.8) is 0 Å². The zero-order valence-corrected chi connectivity index (χ0v) is 41.8. The van der Waals surface area contributed by atoms with Gasteiger partial charge in [-0.25, -0.2) is 0 Å². The number of rotatable bonds is 10. The Morgan fingerprint density at radius 2 is 0.698 bits per heavy atom. The first-order valence-electron chi connectivity index (χ1n) is 24.1. The Bertz CT molecular complexity index is 2620. The van der Waals surface area contributed by atoms with Crippen molar-refractivity contribution in [3.8, 4) is 59.9 Å². The molecule has 4 aliphatic carbocycles. The van der Waals surface area contributed by atoms with Gasteiger partial charge >= 0.3 is 0 Å². The lowest BCUT2D eigenvalue weighted by atomic mass is 9.82. The van der Waals surface area contributed by atoms with Crippen LogP contribution in [0.1, 0.15) is 174 Å². The molecule has 0 unspecified atom stereocenters. The van der Waals surface area contributed by atoms with E-state index < -0.39 is 0 Å². The Kier molecular flexibility index (Phi) is 12.2. The van der Waals surface area contributed by atoms with E-state index in [0.717, 1.165) is 22.9 Å². The van der Waals surface area contributed by atoms with Gasteiger partial charge in [0.25, 0.3) is 0 Å². The second-order valence-corrected chi connectivity index (χ2v) is 25.6. The van der Waals surface area contributed by atoms with Gasteiger partial charge in [0, 0.05) is 59.9 Å². The summed E-state index contributed by atoms with van der Waals surface area (Å²) in [6, 6.07) is 24.3. The monoisotopic (exact) mass is 956 g/mol. The van der Waals surface area contributed by atoms with Crippen LogP contribution in [0.4, 0.5) is 0 Å². The Balaban J connectivity index is 0.855. The second kappa shape index (κ2) is 18.5. The van der Waals surface area contributed by atoms with Gasteiger partial charge in [0.15, 0.2) is 0 Å². The van der Waals surface area contributed by atoms with Gasteiger partial charge < -0.3 is 0 Å². The Labute approximate surface area is 401 Å². The zero-order valence-electron chi connectivity index (χ0n) is 36.1. The van der Waals surface area contributed by atoms with Gasteiger partial charge in [-0.15, -0.1) is 68.0 Å². The van der Waals surface area contributed by atoms with E-state index in [0.29, 0.717) is 11.8 Å². The summed E-state index contributed by atoms with van der Waals surface area (Å²) in [5, 5.41) is 4.76. The quantitative estimate of drug-likeness (QED) is 0.136. The molecule has 8 aromatic rings. The average molecular weight is 958 g/mol. The summed E-state index contributed by atoms with van der Waals surface area (Å²) in [6.07, 6.45) is 27.4. The molecule has 7 heterocycles. The predicted octanol–water partition coefficient (Wildman–Crippen LogP) is 20.3. The second-order valence-electron chi connectivity index (χ2n) is 19.0. The molecule has 12 rings (SSSR count). The van der Waals surface area contributed by atoms with Crippen LogP contribution >= 0.6 is 79.7 Å². The molecule has 7 aromatic heterocycles. The van der Waals surface area contributed by atoms with E-state index in [1.165, 1.54) is 181 Å². The van der Waals surface area contributed by atoms with Crippen LogP contribution in [0.5, 0.6) is 0 Å². The van der Waals surface area contributed by atoms with E-state index in [2.05, 4.69) is 94.1 Å². The summed E-state index contributed by atoms with van der Waals surface area (Å²) in [5.41, 5.74) is 11.0. The maximum atomic E-state index is 4.99. The van der Waals surface area contributed by atoms with Crippen molar-refractivity contribution in [2.24, 2.45) is 0 Å². The third-order valence-electron chi connectivity index (χ3n) is 15.1. The fourth-order valence-corrected chi connectivity index (χ4v) is 19.5.